The average Bonchev–Trinajstić information content (AvgIpc) is 2.64. The summed E-state index contributed by atoms with van der Waals surface area (Å²) in [4.78, 5) is 12.7. The zero-order valence-corrected chi connectivity index (χ0v) is 15.3. The number of aliphatic imine (C=N–C) groups is 1. The minimum atomic E-state index is -0.577. The van der Waals surface area contributed by atoms with Crippen LogP contribution in [0.5, 0.6) is 5.75 Å². The standard InChI is InChI=1S/C20H14ClFN4O/c1-11-7-13(5-6-24-11)19-20(27)15(8-12(2)25-19)18(10-23)26-14-3-4-17(22)16(21)9-14/h3-9,27H,1-2H3. The van der Waals surface area contributed by atoms with Gasteiger partial charge in [-0.05, 0) is 50.2 Å². The Morgan fingerprint density at radius 1 is 1.19 bits per heavy atom. The summed E-state index contributed by atoms with van der Waals surface area (Å²) in [6, 6.07) is 10.9. The van der Waals surface area contributed by atoms with Gasteiger partial charge in [-0.2, -0.15) is 5.26 Å². The number of pyridine rings is 2. The molecule has 0 spiro atoms. The molecule has 0 radical (unpaired) electrons. The molecule has 2 aromatic heterocycles. The number of aryl methyl sites for hydroxylation is 2. The first-order valence-corrected chi connectivity index (χ1v) is 8.34. The Kier molecular flexibility index (Phi) is 5.15. The smallest absolute Gasteiger partial charge is 0.152 e. The molecule has 0 fully saturated rings. The van der Waals surface area contributed by atoms with Crippen molar-refractivity contribution in [3.63, 3.8) is 0 Å². The molecule has 5 nitrogen and oxygen atoms in total. The van der Waals surface area contributed by atoms with E-state index in [9.17, 15) is 14.8 Å². The Balaban J connectivity index is 2.16. The Morgan fingerprint density at radius 3 is 2.63 bits per heavy atom. The number of aromatic nitrogens is 2. The van der Waals surface area contributed by atoms with Crippen LogP contribution >= 0.6 is 11.6 Å². The number of aromatic hydroxyl groups is 1. The SMILES string of the molecule is Cc1cc(-c2nc(C)cc(C(C#N)=Nc3ccc(F)c(Cl)c3)c2O)ccn1. The summed E-state index contributed by atoms with van der Waals surface area (Å²) in [5, 5.41) is 20.2. The number of halogens is 2. The lowest BCUT2D eigenvalue weighted by atomic mass is 10.0. The summed E-state index contributed by atoms with van der Waals surface area (Å²) < 4.78 is 13.3. The summed E-state index contributed by atoms with van der Waals surface area (Å²) in [6.45, 7) is 3.59. The predicted octanol–water partition coefficient (Wildman–Crippen LogP) is 4.90. The quantitative estimate of drug-likeness (QED) is 0.655. The first kappa shape index (κ1) is 18.5. The van der Waals surface area contributed by atoms with Gasteiger partial charge in [0.15, 0.2) is 11.5 Å². The Hall–Kier alpha value is -3.30. The van der Waals surface area contributed by atoms with Gasteiger partial charge in [0.1, 0.15) is 17.6 Å². The van der Waals surface area contributed by atoms with E-state index in [1.54, 1.807) is 31.3 Å². The molecule has 27 heavy (non-hydrogen) atoms. The molecule has 0 atom stereocenters. The van der Waals surface area contributed by atoms with Crippen molar-refractivity contribution < 1.29 is 9.50 Å². The van der Waals surface area contributed by atoms with Crippen molar-refractivity contribution in [3.05, 3.63) is 70.4 Å². The number of rotatable bonds is 3. The minimum absolute atomic E-state index is 0.0345. The van der Waals surface area contributed by atoms with Crippen molar-refractivity contribution in [2.45, 2.75) is 13.8 Å². The summed E-state index contributed by atoms with van der Waals surface area (Å²) in [7, 11) is 0. The fourth-order valence-electron chi connectivity index (χ4n) is 2.57. The number of hydrogen-bond acceptors (Lipinski definition) is 5. The van der Waals surface area contributed by atoms with E-state index < -0.39 is 5.82 Å². The molecule has 3 rings (SSSR count). The minimum Gasteiger partial charge on any atom is -0.505 e. The molecular weight excluding hydrogens is 367 g/mol. The highest BCUT2D eigenvalue weighted by atomic mass is 35.5. The molecule has 1 N–H and O–H groups in total. The third kappa shape index (κ3) is 3.94. The van der Waals surface area contributed by atoms with Crippen molar-refractivity contribution >= 4 is 23.0 Å². The van der Waals surface area contributed by atoms with Crippen molar-refractivity contribution in [2.24, 2.45) is 4.99 Å². The zero-order chi connectivity index (χ0) is 19.6. The first-order valence-electron chi connectivity index (χ1n) is 7.97. The van der Waals surface area contributed by atoms with Crippen LogP contribution in [-0.4, -0.2) is 20.8 Å². The fraction of sp³-hybridized carbons (Fsp3) is 0.100. The van der Waals surface area contributed by atoms with Crippen molar-refractivity contribution in [1.29, 1.82) is 5.26 Å². The maximum atomic E-state index is 13.3. The number of nitrogens with zero attached hydrogens (tertiary/aromatic N) is 4. The fourth-order valence-corrected chi connectivity index (χ4v) is 2.74. The van der Waals surface area contributed by atoms with Crippen LogP contribution in [0.1, 0.15) is 17.0 Å². The molecule has 134 valence electrons. The molecule has 0 unspecified atom stereocenters. The van der Waals surface area contributed by atoms with E-state index in [1.807, 2.05) is 13.0 Å². The molecule has 3 aromatic rings. The normalized spacial score (nSPS) is 11.3. The Bertz CT molecular complexity index is 1110. The maximum Gasteiger partial charge on any atom is 0.152 e. The second-order valence-electron chi connectivity index (χ2n) is 5.86. The highest BCUT2D eigenvalue weighted by molar-refractivity contribution is 6.31. The van der Waals surface area contributed by atoms with Crippen molar-refractivity contribution in [1.82, 2.24) is 9.97 Å². The lowest BCUT2D eigenvalue weighted by Crippen LogP contribution is -2.02. The van der Waals surface area contributed by atoms with Gasteiger partial charge in [-0.1, -0.05) is 11.6 Å². The molecule has 0 aliphatic rings. The zero-order valence-electron chi connectivity index (χ0n) is 14.5. The molecule has 0 amide bonds. The largest absolute Gasteiger partial charge is 0.505 e. The number of benzene rings is 1. The molecule has 0 aliphatic heterocycles. The van der Waals surface area contributed by atoms with Crippen molar-refractivity contribution in [3.8, 4) is 23.1 Å². The number of hydrogen-bond donors (Lipinski definition) is 1. The molecule has 0 bridgehead atoms. The van der Waals surface area contributed by atoms with Gasteiger partial charge >= 0.3 is 0 Å². The molecule has 2 heterocycles. The lowest BCUT2D eigenvalue weighted by molar-refractivity contribution is 0.473. The van der Waals surface area contributed by atoms with Crippen LogP contribution in [-0.2, 0) is 0 Å². The van der Waals surface area contributed by atoms with Crippen molar-refractivity contribution in [2.75, 3.05) is 0 Å². The monoisotopic (exact) mass is 380 g/mol. The van der Waals surface area contributed by atoms with Crippen LogP contribution in [0.2, 0.25) is 5.02 Å². The van der Waals surface area contributed by atoms with Gasteiger partial charge in [-0.25, -0.2) is 14.4 Å². The average molecular weight is 381 g/mol. The molecule has 0 saturated heterocycles. The van der Waals surface area contributed by atoms with E-state index in [2.05, 4.69) is 15.0 Å². The van der Waals surface area contributed by atoms with Gasteiger partial charge < -0.3 is 5.11 Å². The van der Waals surface area contributed by atoms with Crippen LogP contribution in [0, 0.1) is 31.0 Å². The highest BCUT2D eigenvalue weighted by Crippen LogP contribution is 2.32. The third-order valence-electron chi connectivity index (χ3n) is 3.80. The third-order valence-corrected chi connectivity index (χ3v) is 4.09. The van der Waals surface area contributed by atoms with Gasteiger partial charge in [0.2, 0.25) is 0 Å². The van der Waals surface area contributed by atoms with Crippen LogP contribution in [0.25, 0.3) is 11.3 Å². The summed E-state index contributed by atoms with van der Waals surface area (Å²) in [5.41, 5.74) is 2.87. The predicted molar refractivity (Wildman–Crippen MR) is 102 cm³/mol. The van der Waals surface area contributed by atoms with E-state index in [1.165, 1.54) is 18.2 Å². The van der Waals surface area contributed by atoms with Gasteiger partial charge in [0.05, 0.1) is 16.3 Å². The first-order chi connectivity index (χ1) is 12.9. The molecule has 7 heteroatoms. The van der Waals surface area contributed by atoms with E-state index >= 15 is 0 Å². The van der Waals surface area contributed by atoms with E-state index in [4.69, 9.17) is 11.6 Å². The van der Waals surface area contributed by atoms with Crippen LogP contribution in [0.15, 0.2) is 47.6 Å². The van der Waals surface area contributed by atoms with E-state index in [0.29, 0.717) is 22.6 Å². The number of nitriles is 1. The molecule has 0 aliphatic carbocycles. The molecule has 0 saturated carbocycles. The summed E-state index contributed by atoms with van der Waals surface area (Å²) >= 11 is 5.77. The van der Waals surface area contributed by atoms with E-state index in [0.717, 1.165) is 5.69 Å². The second kappa shape index (κ2) is 7.52. The maximum absolute atomic E-state index is 13.3. The van der Waals surface area contributed by atoms with Crippen LogP contribution < -0.4 is 0 Å². The van der Waals surface area contributed by atoms with E-state index in [-0.39, 0.29) is 22.0 Å². The molecule has 1 aromatic carbocycles. The lowest BCUT2D eigenvalue weighted by Gasteiger charge is -2.10. The summed E-state index contributed by atoms with van der Waals surface area (Å²) in [6.07, 6.45) is 1.62. The molecular formula is C20H14ClFN4O. The van der Waals surface area contributed by atoms with Gasteiger partial charge in [-0.15, -0.1) is 0 Å². The summed E-state index contributed by atoms with van der Waals surface area (Å²) in [5.74, 6) is -0.744. The Labute approximate surface area is 160 Å². The van der Waals surface area contributed by atoms with Crippen LogP contribution in [0.3, 0.4) is 0 Å². The Morgan fingerprint density at radius 2 is 1.96 bits per heavy atom. The topological polar surface area (TPSA) is 82.2 Å². The van der Waals surface area contributed by atoms with Crippen LogP contribution in [0.4, 0.5) is 10.1 Å². The highest BCUT2D eigenvalue weighted by Gasteiger charge is 2.17. The van der Waals surface area contributed by atoms with Gasteiger partial charge in [-0.3, -0.25) is 4.98 Å². The van der Waals surface area contributed by atoms with Gasteiger partial charge in [0.25, 0.3) is 0 Å². The van der Waals surface area contributed by atoms with Gasteiger partial charge in [0, 0.05) is 23.1 Å². The second-order valence-corrected chi connectivity index (χ2v) is 6.27.